The molecule has 3 N–H and O–H groups in total. The second-order valence-electron chi connectivity index (χ2n) is 4.81. The van der Waals surface area contributed by atoms with E-state index >= 15 is 0 Å². The van der Waals surface area contributed by atoms with Crippen molar-refractivity contribution in [3.8, 4) is 0 Å². The summed E-state index contributed by atoms with van der Waals surface area (Å²) >= 11 is 0. The standard InChI is InChI=1S/C13H21N3O4/c1-9(10(2)12(18)19)11(17)15-13(20)14-5-8-16-6-3-4-7-16/h3-8H2,1-2H3,(H,18,19)(H2,14,15,17,20). The molecule has 1 fully saturated rings. The van der Waals surface area contributed by atoms with Gasteiger partial charge >= 0.3 is 12.0 Å². The van der Waals surface area contributed by atoms with Crippen LogP contribution in [-0.4, -0.2) is 54.1 Å². The predicted molar refractivity (Wildman–Crippen MR) is 73.2 cm³/mol. The maximum atomic E-state index is 11.6. The van der Waals surface area contributed by atoms with E-state index in [0.29, 0.717) is 6.54 Å². The normalized spacial score (nSPS) is 16.5. The number of nitrogens with zero attached hydrogens (tertiary/aromatic N) is 1. The highest BCUT2D eigenvalue weighted by Gasteiger charge is 2.15. The van der Waals surface area contributed by atoms with E-state index in [1.165, 1.54) is 26.7 Å². The number of aliphatic carboxylic acids is 1. The molecule has 0 saturated carbocycles. The van der Waals surface area contributed by atoms with Gasteiger partial charge in [-0.1, -0.05) is 0 Å². The monoisotopic (exact) mass is 283 g/mol. The van der Waals surface area contributed by atoms with Gasteiger partial charge in [0.15, 0.2) is 0 Å². The van der Waals surface area contributed by atoms with Crippen LogP contribution in [0.3, 0.4) is 0 Å². The molecule has 1 aliphatic rings. The average Bonchev–Trinajstić information content (AvgIpc) is 2.89. The molecule has 0 spiro atoms. The minimum Gasteiger partial charge on any atom is -0.478 e. The molecule has 1 heterocycles. The summed E-state index contributed by atoms with van der Waals surface area (Å²) in [6.07, 6.45) is 2.37. The number of urea groups is 1. The van der Waals surface area contributed by atoms with Gasteiger partial charge in [-0.05, 0) is 39.8 Å². The van der Waals surface area contributed by atoms with Crippen LogP contribution in [0.4, 0.5) is 4.79 Å². The highest BCUT2D eigenvalue weighted by Crippen LogP contribution is 2.05. The molecule has 0 aromatic heterocycles. The van der Waals surface area contributed by atoms with Gasteiger partial charge in [0.05, 0.1) is 0 Å². The van der Waals surface area contributed by atoms with Crippen molar-refractivity contribution < 1.29 is 19.5 Å². The van der Waals surface area contributed by atoms with Gasteiger partial charge in [0, 0.05) is 24.2 Å². The molecule has 112 valence electrons. The maximum Gasteiger partial charge on any atom is 0.331 e. The van der Waals surface area contributed by atoms with Crippen LogP contribution in [0.25, 0.3) is 0 Å². The molecule has 0 unspecified atom stereocenters. The summed E-state index contributed by atoms with van der Waals surface area (Å²) in [6.45, 7) is 5.99. The number of hydrogen-bond donors (Lipinski definition) is 3. The van der Waals surface area contributed by atoms with E-state index in [1.54, 1.807) is 0 Å². The molecule has 0 aromatic carbocycles. The lowest BCUT2D eigenvalue weighted by Gasteiger charge is -2.14. The molecule has 20 heavy (non-hydrogen) atoms. The van der Waals surface area contributed by atoms with Crippen molar-refractivity contribution >= 4 is 17.9 Å². The van der Waals surface area contributed by atoms with Crippen LogP contribution in [0, 0.1) is 0 Å². The minimum absolute atomic E-state index is 0.0205. The largest absolute Gasteiger partial charge is 0.478 e. The van der Waals surface area contributed by atoms with E-state index in [4.69, 9.17) is 5.11 Å². The first-order valence-corrected chi connectivity index (χ1v) is 6.64. The second kappa shape index (κ2) is 7.64. The fourth-order valence-corrected chi connectivity index (χ4v) is 1.91. The van der Waals surface area contributed by atoms with Crippen LogP contribution in [0.2, 0.25) is 0 Å². The van der Waals surface area contributed by atoms with Crippen molar-refractivity contribution in [3.05, 3.63) is 11.1 Å². The van der Waals surface area contributed by atoms with Gasteiger partial charge in [-0.15, -0.1) is 0 Å². The smallest absolute Gasteiger partial charge is 0.331 e. The summed E-state index contributed by atoms with van der Waals surface area (Å²) in [7, 11) is 0. The summed E-state index contributed by atoms with van der Waals surface area (Å²) in [5.74, 6) is -1.87. The molecule has 1 saturated heterocycles. The third-order valence-electron chi connectivity index (χ3n) is 3.36. The number of carboxylic acids is 1. The van der Waals surface area contributed by atoms with Gasteiger partial charge in [0.1, 0.15) is 0 Å². The molecule has 1 aliphatic heterocycles. The lowest BCUT2D eigenvalue weighted by atomic mass is 10.1. The fourth-order valence-electron chi connectivity index (χ4n) is 1.91. The molecule has 0 radical (unpaired) electrons. The number of hydrogen-bond acceptors (Lipinski definition) is 4. The Hall–Kier alpha value is -1.89. The van der Waals surface area contributed by atoms with Gasteiger partial charge in [-0.25, -0.2) is 9.59 Å². The van der Waals surface area contributed by atoms with Crippen molar-refractivity contribution in [1.29, 1.82) is 0 Å². The Morgan fingerprint density at radius 3 is 2.25 bits per heavy atom. The zero-order valence-electron chi connectivity index (χ0n) is 11.9. The Morgan fingerprint density at radius 2 is 1.70 bits per heavy atom. The predicted octanol–water partition coefficient (Wildman–Crippen LogP) is 0.329. The van der Waals surface area contributed by atoms with Crippen LogP contribution < -0.4 is 10.6 Å². The van der Waals surface area contributed by atoms with Crippen LogP contribution in [0.1, 0.15) is 26.7 Å². The maximum absolute atomic E-state index is 11.6. The SMILES string of the molecule is CC(C(=O)O)=C(C)C(=O)NC(=O)NCCN1CCCC1. The lowest BCUT2D eigenvalue weighted by Crippen LogP contribution is -2.43. The summed E-state index contributed by atoms with van der Waals surface area (Å²) in [6, 6.07) is -0.605. The molecular formula is C13H21N3O4. The third kappa shape index (κ3) is 5.00. The van der Waals surface area contributed by atoms with E-state index in [2.05, 4.69) is 15.5 Å². The van der Waals surface area contributed by atoms with Crippen LogP contribution >= 0.6 is 0 Å². The van der Waals surface area contributed by atoms with Gasteiger partial charge in [-0.2, -0.15) is 0 Å². The Bertz CT molecular complexity index is 425. The van der Waals surface area contributed by atoms with Gasteiger partial charge in [0.2, 0.25) is 0 Å². The number of imide groups is 1. The zero-order chi connectivity index (χ0) is 15.1. The van der Waals surface area contributed by atoms with Crippen LogP contribution in [0.5, 0.6) is 0 Å². The highest BCUT2D eigenvalue weighted by atomic mass is 16.4. The molecule has 7 heteroatoms. The summed E-state index contributed by atoms with van der Waals surface area (Å²) in [5, 5.41) is 13.4. The molecule has 0 aromatic rings. The first-order chi connectivity index (χ1) is 9.41. The topological polar surface area (TPSA) is 98.7 Å². The third-order valence-corrected chi connectivity index (χ3v) is 3.36. The van der Waals surface area contributed by atoms with Crippen LogP contribution in [0.15, 0.2) is 11.1 Å². The van der Waals surface area contributed by atoms with Gasteiger partial charge in [-0.3, -0.25) is 10.1 Å². The van der Waals surface area contributed by atoms with Crippen molar-refractivity contribution in [3.63, 3.8) is 0 Å². The second-order valence-corrected chi connectivity index (χ2v) is 4.81. The van der Waals surface area contributed by atoms with Crippen molar-refractivity contribution in [1.82, 2.24) is 15.5 Å². The number of amides is 3. The van der Waals surface area contributed by atoms with Crippen LogP contribution in [-0.2, 0) is 9.59 Å². The number of likely N-dealkylation sites (tertiary alicyclic amines) is 1. The van der Waals surface area contributed by atoms with Gasteiger partial charge < -0.3 is 15.3 Å². The Morgan fingerprint density at radius 1 is 1.10 bits per heavy atom. The number of nitrogens with one attached hydrogen (secondary N) is 2. The summed E-state index contributed by atoms with van der Waals surface area (Å²) in [5.41, 5.74) is -0.0560. The first-order valence-electron chi connectivity index (χ1n) is 6.64. The molecule has 0 aliphatic carbocycles. The Labute approximate surface area is 118 Å². The molecule has 3 amide bonds. The number of carboxylic acid groups (broad SMARTS) is 1. The Kier molecular flexibility index (Phi) is 6.17. The van der Waals surface area contributed by atoms with E-state index in [1.807, 2.05) is 0 Å². The number of rotatable bonds is 5. The van der Waals surface area contributed by atoms with Crippen molar-refractivity contribution in [2.45, 2.75) is 26.7 Å². The van der Waals surface area contributed by atoms with Crippen molar-refractivity contribution in [2.75, 3.05) is 26.2 Å². The molecule has 1 rings (SSSR count). The molecule has 0 atom stereocenters. The quantitative estimate of drug-likeness (QED) is 0.631. The van der Waals surface area contributed by atoms with Gasteiger partial charge in [0.25, 0.3) is 5.91 Å². The Balaban J connectivity index is 2.32. The van der Waals surface area contributed by atoms with E-state index in [0.717, 1.165) is 19.6 Å². The zero-order valence-corrected chi connectivity index (χ0v) is 11.9. The van der Waals surface area contributed by atoms with E-state index in [9.17, 15) is 14.4 Å². The average molecular weight is 283 g/mol. The minimum atomic E-state index is -1.17. The fraction of sp³-hybridized carbons (Fsp3) is 0.615. The summed E-state index contributed by atoms with van der Waals surface area (Å²) in [4.78, 5) is 36.1. The van der Waals surface area contributed by atoms with E-state index in [-0.39, 0.29) is 11.1 Å². The highest BCUT2D eigenvalue weighted by molar-refractivity contribution is 6.07. The van der Waals surface area contributed by atoms with E-state index < -0.39 is 17.9 Å². The molecule has 0 bridgehead atoms. The van der Waals surface area contributed by atoms with Crippen molar-refractivity contribution in [2.24, 2.45) is 0 Å². The number of carbonyl (C=O) groups is 3. The summed E-state index contributed by atoms with van der Waals surface area (Å²) < 4.78 is 0. The first kappa shape index (κ1) is 16.2. The molecular weight excluding hydrogens is 262 g/mol. The number of carbonyl (C=O) groups excluding carboxylic acids is 2. The molecule has 7 nitrogen and oxygen atoms in total. The lowest BCUT2D eigenvalue weighted by molar-refractivity contribution is -0.133.